The monoisotopic (exact) mass is 217 g/mol. The van der Waals surface area contributed by atoms with Gasteiger partial charge < -0.3 is 0 Å². The van der Waals surface area contributed by atoms with Crippen molar-refractivity contribution in [1.29, 1.82) is 1.12 Å². The van der Waals surface area contributed by atoms with Crippen LogP contribution in [0.2, 0.25) is 0 Å². The van der Waals surface area contributed by atoms with Gasteiger partial charge in [-0.3, -0.25) is 0 Å². The predicted molar refractivity (Wildman–Crippen MR) is 62.9 cm³/mol. The third-order valence-corrected chi connectivity index (χ3v) is 3.26. The molecule has 0 N–H and O–H groups in total. The van der Waals surface area contributed by atoms with Crippen LogP contribution in [0, 0.1) is 5.92 Å². The van der Waals surface area contributed by atoms with Crippen LogP contribution in [0.5, 0.6) is 0 Å². The average Bonchev–Trinajstić information content (AvgIpc) is 2.40. The second-order valence-electron chi connectivity index (χ2n) is 4.36. The van der Waals surface area contributed by atoms with E-state index < -0.39 is 16.9 Å². The Kier molecular flexibility index (Phi) is 3.80. The van der Waals surface area contributed by atoms with Crippen LogP contribution in [0.3, 0.4) is 0 Å². The van der Waals surface area contributed by atoms with E-state index in [4.69, 9.17) is 17.3 Å². The fourth-order valence-corrected chi connectivity index (χ4v) is 2.40. The summed E-state index contributed by atoms with van der Waals surface area (Å²) in [7, 11) is 0. The Bertz CT molecular complexity index is 248. The third-order valence-electron chi connectivity index (χ3n) is 2.54. The van der Waals surface area contributed by atoms with E-state index in [1.54, 1.807) is 0 Å². The van der Waals surface area contributed by atoms with Gasteiger partial charge in [-0.1, -0.05) is 0 Å². The summed E-state index contributed by atoms with van der Waals surface area (Å²) in [5, 5.41) is 0. The van der Waals surface area contributed by atoms with E-state index in [1.165, 1.54) is 0 Å². The summed E-state index contributed by atoms with van der Waals surface area (Å²) >= 11 is -0.769. The quantitative estimate of drug-likeness (QED) is 0.574. The Morgan fingerprint density at radius 2 is 2.21 bits per heavy atom. The molecule has 1 aliphatic heterocycles. The SMILES string of the molecule is [3H]S(=[B])C[C@H](C)[C@@H]1OC(C)(C)O[C@@H]1CC. The molecule has 0 aromatic heterocycles. The number of hydrogen-bond acceptors (Lipinski definition) is 2. The van der Waals surface area contributed by atoms with Gasteiger partial charge in [-0.15, -0.1) is 0 Å². The van der Waals surface area contributed by atoms with E-state index >= 15 is 0 Å². The molecule has 0 bridgehead atoms. The zero-order valence-corrected chi connectivity index (χ0v) is 10.3. The van der Waals surface area contributed by atoms with Gasteiger partial charge in [-0.05, 0) is 0 Å². The molecular formula is C10H20BO2S. The molecule has 0 saturated carbocycles. The van der Waals surface area contributed by atoms with Crippen molar-refractivity contribution in [2.75, 3.05) is 5.75 Å². The molecule has 1 saturated heterocycles. The second kappa shape index (κ2) is 4.91. The van der Waals surface area contributed by atoms with Crippen LogP contribution in [0.15, 0.2) is 0 Å². The minimum atomic E-state index is -0.769. The predicted octanol–water partition coefficient (Wildman–Crippen LogP) is 2.10. The van der Waals surface area contributed by atoms with Crippen LogP contribution in [0.1, 0.15) is 34.1 Å². The van der Waals surface area contributed by atoms with Crippen molar-refractivity contribution in [2.24, 2.45) is 5.92 Å². The molecule has 1 aliphatic rings. The van der Waals surface area contributed by atoms with E-state index in [2.05, 4.69) is 13.8 Å². The van der Waals surface area contributed by atoms with Crippen molar-refractivity contribution in [3.05, 3.63) is 0 Å². The molecule has 0 spiro atoms. The van der Waals surface area contributed by atoms with Gasteiger partial charge in [-0.25, -0.2) is 0 Å². The van der Waals surface area contributed by atoms with Gasteiger partial charge in [0, 0.05) is 0 Å². The third kappa shape index (κ3) is 2.91. The van der Waals surface area contributed by atoms with Gasteiger partial charge in [0.1, 0.15) is 0 Å². The standard InChI is InChI=1S/C10H20BO2S/c1-5-8-9(7(2)6-14-11)13-10(3,4)12-8/h7-9,14H,5-6H2,1-4H3/t7-,8+,9-/m0/s1/i14T. The first-order chi connectivity index (χ1) is 6.85. The summed E-state index contributed by atoms with van der Waals surface area (Å²) in [6.45, 7) is 13.6. The van der Waals surface area contributed by atoms with Crippen LogP contribution in [-0.2, 0) is 9.47 Å². The molecule has 1 rings (SSSR count). The average molecular weight is 217 g/mol. The van der Waals surface area contributed by atoms with Crippen molar-refractivity contribution in [3.63, 3.8) is 0 Å². The van der Waals surface area contributed by atoms with Crippen molar-refractivity contribution in [1.82, 2.24) is 0 Å². The van der Waals surface area contributed by atoms with Crippen molar-refractivity contribution < 1.29 is 9.47 Å². The number of rotatable bonds is 4. The molecule has 1 unspecified atom stereocenters. The topological polar surface area (TPSA) is 18.5 Å². The second-order valence-corrected chi connectivity index (χ2v) is 5.02. The maximum atomic E-state index is 7.40. The molecule has 4 atom stereocenters. The number of ether oxygens (including phenoxy) is 2. The molecule has 0 aromatic rings. The normalized spacial score (nSPS) is 36.4. The van der Waals surface area contributed by atoms with E-state index in [9.17, 15) is 0 Å². The van der Waals surface area contributed by atoms with Gasteiger partial charge in [0.05, 0.1) is 0 Å². The van der Waals surface area contributed by atoms with Crippen molar-refractivity contribution in [3.8, 4) is 0 Å². The molecule has 1 fully saturated rings. The number of thiol groups is 1. The molecule has 1 radical (unpaired) electrons. The number of hydrogen-bond donors (Lipinski definition) is 1. The van der Waals surface area contributed by atoms with E-state index in [0.717, 1.165) is 6.42 Å². The first-order valence-corrected chi connectivity index (χ1v) is 6.22. The van der Waals surface area contributed by atoms with E-state index in [0.29, 0.717) is 5.75 Å². The van der Waals surface area contributed by atoms with Crippen LogP contribution >= 0.6 is 11.1 Å². The summed E-state index contributed by atoms with van der Waals surface area (Å²) in [5.74, 6) is 0.470. The molecule has 14 heavy (non-hydrogen) atoms. The van der Waals surface area contributed by atoms with Crippen LogP contribution in [0.4, 0.5) is 0 Å². The molecule has 1 heterocycles. The molecule has 0 aromatic carbocycles. The molecule has 2 nitrogen and oxygen atoms in total. The molecule has 81 valence electrons. The Labute approximate surface area is 92.7 Å². The van der Waals surface area contributed by atoms with Crippen LogP contribution in [-0.4, -0.2) is 31.6 Å². The zero-order chi connectivity index (χ0) is 11.6. The van der Waals surface area contributed by atoms with Crippen molar-refractivity contribution in [2.45, 2.75) is 52.1 Å². The van der Waals surface area contributed by atoms with Gasteiger partial charge in [0.15, 0.2) is 0 Å². The Hall–Kier alpha value is 0.335. The molecule has 4 heteroatoms. The van der Waals surface area contributed by atoms with Gasteiger partial charge in [-0.2, -0.15) is 0 Å². The Morgan fingerprint density at radius 1 is 1.57 bits per heavy atom. The summed E-state index contributed by atoms with van der Waals surface area (Å²) in [5.41, 5.74) is 0. The van der Waals surface area contributed by atoms with Crippen LogP contribution in [0.25, 0.3) is 0 Å². The van der Waals surface area contributed by atoms with Gasteiger partial charge in [0.2, 0.25) is 0 Å². The van der Waals surface area contributed by atoms with Crippen LogP contribution < -0.4 is 0 Å². The molecule has 0 amide bonds. The first kappa shape index (κ1) is 10.8. The van der Waals surface area contributed by atoms with Crippen molar-refractivity contribution >= 4 is 17.8 Å². The summed E-state index contributed by atoms with van der Waals surface area (Å²) in [6.07, 6.45) is 1.15. The minimum absolute atomic E-state index is 0.0777. The van der Waals surface area contributed by atoms with Gasteiger partial charge in [0.25, 0.3) is 0 Å². The maximum absolute atomic E-state index is 7.40. The molecular weight excluding hydrogens is 195 g/mol. The fraction of sp³-hybridized carbons (Fsp3) is 1.00. The summed E-state index contributed by atoms with van der Waals surface area (Å²) < 4.78 is 19.1. The summed E-state index contributed by atoms with van der Waals surface area (Å²) in [4.78, 5) is 0. The van der Waals surface area contributed by atoms with E-state index in [-0.39, 0.29) is 18.1 Å². The Morgan fingerprint density at radius 3 is 2.71 bits per heavy atom. The zero-order valence-electron chi connectivity index (χ0n) is 10.4. The van der Waals surface area contributed by atoms with Gasteiger partial charge >= 0.3 is 92.2 Å². The molecule has 0 aliphatic carbocycles. The first-order valence-electron chi connectivity index (χ1n) is 5.58. The summed E-state index contributed by atoms with van der Waals surface area (Å²) in [6, 6.07) is 0. The fourth-order valence-electron chi connectivity index (χ4n) is 1.91. The van der Waals surface area contributed by atoms with E-state index in [1.807, 2.05) is 13.8 Å². The Balaban J connectivity index is 2.63.